The van der Waals surface area contributed by atoms with Gasteiger partial charge in [-0.25, -0.2) is 5.06 Å². The Morgan fingerprint density at radius 1 is 1.38 bits per heavy atom. The zero-order valence-electron chi connectivity index (χ0n) is 9.38. The minimum absolute atomic E-state index is 0.0151. The molecule has 0 saturated heterocycles. The third kappa shape index (κ3) is 1.94. The average Bonchev–Trinajstić information content (AvgIpc) is 2.84. The van der Waals surface area contributed by atoms with Gasteiger partial charge in [0.15, 0.2) is 0 Å². The molecule has 0 spiro atoms. The van der Waals surface area contributed by atoms with E-state index in [-0.39, 0.29) is 6.17 Å². The number of ether oxygens (including phenoxy) is 1. The van der Waals surface area contributed by atoms with Gasteiger partial charge in [0.25, 0.3) is 0 Å². The fraction of sp³-hybridized carbons (Fsp3) is 0.364. The van der Waals surface area contributed by atoms with Gasteiger partial charge in [-0.3, -0.25) is 9.83 Å². The van der Waals surface area contributed by atoms with E-state index < -0.39 is 0 Å². The van der Waals surface area contributed by atoms with Crippen LogP contribution in [-0.2, 0) is 4.84 Å². The van der Waals surface area contributed by atoms with Gasteiger partial charge in [0.1, 0.15) is 17.6 Å². The Labute approximate surface area is 94.6 Å². The number of aliphatic imine (C=N–C) groups is 1. The van der Waals surface area contributed by atoms with Crippen molar-refractivity contribution in [2.24, 2.45) is 4.99 Å². The van der Waals surface area contributed by atoms with Crippen LogP contribution in [0.5, 0.6) is 5.75 Å². The maximum atomic E-state index is 5.37. The molecule has 0 amide bonds. The normalized spacial score (nSPS) is 18.2. The summed E-state index contributed by atoms with van der Waals surface area (Å²) in [6, 6.07) is 7.72. The highest BCUT2D eigenvalue weighted by molar-refractivity contribution is 5.62. The van der Waals surface area contributed by atoms with Gasteiger partial charge in [-0.1, -0.05) is 12.1 Å². The molecule has 1 aromatic carbocycles. The van der Waals surface area contributed by atoms with Crippen molar-refractivity contribution < 1.29 is 9.57 Å². The Morgan fingerprint density at radius 2 is 2.19 bits per heavy atom. The summed E-state index contributed by atoms with van der Waals surface area (Å²) in [5.74, 6) is 0.776. The highest BCUT2D eigenvalue weighted by Gasteiger charge is 2.22. The first-order valence-electron chi connectivity index (χ1n) is 5.07. The number of anilines is 1. The lowest BCUT2D eigenvalue weighted by atomic mass is 10.2. The molecule has 0 fully saturated rings. The van der Waals surface area contributed by atoms with Crippen LogP contribution in [0.2, 0.25) is 0 Å². The van der Waals surface area contributed by atoms with Gasteiger partial charge in [0, 0.05) is 0 Å². The summed E-state index contributed by atoms with van der Waals surface area (Å²) < 4.78 is 5.30. The summed E-state index contributed by atoms with van der Waals surface area (Å²) in [5, 5.41) is 4.87. The number of hydrogen-bond donors (Lipinski definition) is 1. The van der Waals surface area contributed by atoms with E-state index >= 15 is 0 Å². The average molecular weight is 221 g/mol. The largest absolute Gasteiger partial charge is 0.494 e. The zero-order chi connectivity index (χ0) is 11.4. The van der Waals surface area contributed by atoms with Crippen LogP contribution in [0.25, 0.3) is 0 Å². The quantitative estimate of drug-likeness (QED) is 0.771. The molecule has 1 aliphatic heterocycles. The van der Waals surface area contributed by atoms with Crippen molar-refractivity contribution in [1.82, 2.24) is 5.32 Å². The highest BCUT2D eigenvalue weighted by Crippen LogP contribution is 2.29. The van der Waals surface area contributed by atoms with Crippen LogP contribution in [-0.4, -0.2) is 33.3 Å². The topological polar surface area (TPSA) is 46.1 Å². The van der Waals surface area contributed by atoms with Crippen molar-refractivity contribution >= 4 is 12.0 Å². The molecule has 16 heavy (non-hydrogen) atoms. The minimum Gasteiger partial charge on any atom is -0.494 e. The lowest BCUT2D eigenvalue weighted by molar-refractivity contribution is 0.137. The van der Waals surface area contributed by atoms with E-state index in [1.807, 2.05) is 24.3 Å². The van der Waals surface area contributed by atoms with Crippen LogP contribution >= 0.6 is 0 Å². The summed E-state index contributed by atoms with van der Waals surface area (Å²) in [7, 11) is 3.28. The van der Waals surface area contributed by atoms with Gasteiger partial charge in [-0.05, 0) is 12.1 Å². The van der Waals surface area contributed by atoms with Gasteiger partial charge in [-0.15, -0.1) is 0 Å². The van der Waals surface area contributed by atoms with E-state index in [4.69, 9.17) is 9.57 Å². The molecule has 5 nitrogen and oxygen atoms in total. The van der Waals surface area contributed by atoms with Crippen LogP contribution in [0, 0.1) is 0 Å². The first-order chi connectivity index (χ1) is 7.86. The van der Waals surface area contributed by atoms with E-state index in [0.717, 1.165) is 11.4 Å². The molecule has 5 heteroatoms. The van der Waals surface area contributed by atoms with Crippen molar-refractivity contribution in [1.29, 1.82) is 0 Å². The molecule has 1 unspecified atom stereocenters. The van der Waals surface area contributed by atoms with Crippen LogP contribution in [0.15, 0.2) is 29.3 Å². The first-order valence-corrected chi connectivity index (χ1v) is 5.07. The van der Waals surface area contributed by atoms with Crippen molar-refractivity contribution in [2.75, 3.05) is 25.8 Å². The van der Waals surface area contributed by atoms with Gasteiger partial charge >= 0.3 is 0 Å². The van der Waals surface area contributed by atoms with E-state index in [9.17, 15) is 0 Å². The number of hydrogen-bond acceptors (Lipinski definition) is 5. The predicted octanol–water partition coefficient (Wildman–Crippen LogP) is 1.02. The van der Waals surface area contributed by atoms with Gasteiger partial charge in [0.05, 0.1) is 27.1 Å². The summed E-state index contributed by atoms with van der Waals surface area (Å²) >= 11 is 0. The molecule has 0 radical (unpaired) electrons. The molecule has 1 aromatic rings. The second-order valence-corrected chi connectivity index (χ2v) is 3.36. The van der Waals surface area contributed by atoms with E-state index in [1.54, 1.807) is 25.6 Å². The summed E-state index contributed by atoms with van der Waals surface area (Å²) in [6.07, 6.45) is 1.70. The molecule has 2 rings (SSSR count). The lowest BCUT2D eigenvalue weighted by Gasteiger charge is -2.28. The smallest absolute Gasteiger partial charge is 0.145 e. The van der Waals surface area contributed by atoms with Gasteiger partial charge in [-0.2, -0.15) is 0 Å². The number of methoxy groups -OCH3 is 1. The standard InChI is InChI=1S/C11H15N3O2/c1-15-10-6-4-3-5-9(10)14(16-2)11-7-12-8-13-11/h3-6,8,11H,7H2,1-2H3,(H,12,13). The Bertz CT molecular complexity index is 373. The molecule has 1 N–H and O–H groups in total. The Morgan fingerprint density at radius 3 is 2.81 bits per heavy atom. The number of benzene rings is 1. The molecule has 0 bridgehead atoms. The lowest BCUT2D eigenvalue weighted by Crippen LogP contribution is -2.43. The SMILES string of the molecule is COc1ccccc1N(OC)C1CN=CN1. The third-order valence-corrected chi connectivity index (χ3v) is 2.44. The van der Waals surface area contributed by atoms with Crippen LogP contribution in [0.4, 0.5) is 5.69 Å². The van der Waals surface area contributed by atoms with Crippen molar-refractivity contribution in [3.05, 3.63) is 24.3 Å². The molecule has 0 aliphatic carbocycles. The van der Waals surface area contributed by atoms with Crippen LogP contribution in [0.1, 0.15) is 0 Å². The van der Waals surface area contributed by atoms with Crippen LogP contribution in [0.3, 0.4) is 0 Å². The van der Waals surface area contributed by atoms with Crippen molar-refractivity contribution in [3.8, 4) is 5.75 Å². The molecular weight excluding hydrogens is 206 g/mol. The fourth-order valence-electron chi connectivity index (χ4n) is 1.69. The van der Waals surface area contributed by atoms with Gasteiger partial charge < -0.3 is 10.1 Å². The molecule has 1 aliphatic rings. The van der Waals surface area contributed by atoms with Gasteiger partial charge in [0.2, 0.25) is 0 Å². The molecule has 0 aromatic heterocycles. The van der Waals surface area contributed by atoms with E-state index in [1.165, 1.54) is 0 Å². The molecule has 86 valence electrons. The van der Waals surface area contributed by atoms with E-state index in [0.29, 0.717) is 6.54 Å². The predicted molar refractivity (Wildman–Crippen MR) is 62.8 cm³/mol. The zero-order valence-corrected chi connectivity index (χ0v) is 9.38. The number of nitrogens with one attached hydrogen (secondary N) is 1. The third-order valence-electron chi connectivity index (χ3n) is 2.44. The highest BCUT2D eigenvalue weighted by atomic mass is 16.7. The number of nitrogens with zero attached hydrogens (tertiary/aromatic N) is 2. The fourth-order valence-corrected chi connectivity index (χ4v) is 1.69. The second-order valence-electron chi connectivity index (χ2n) is 3.36. The number of hydroxylamine groups is 1. The molecule has 1 heterocycles. The summed E-state index contributed by atoms with van der Waals surface area (Å²) in [6.45, 7) is 0.659. The van der Waals surface area contributed by atoms with Crippen LogP contribution < -0.4 is 15.1 Å². The van der Waals surface area contributed by atoms with Crippen molar-refractivity contribution in [3.63, 3.8) is 0 Å². The molecular formula is C11H15N3O2. The van der Waals surface area contributed by atoms with E-state index in [2.05, 4.69) is 10.3 Å². The number of rotatable bonds is 4. The maximum absolute atomic E-state index is 5.37. The minimum atomic E-state index is 0.0151. The maximum Gasteiger partial charge on any atom is 0.145 e. The molecule has 1 atom stereocenters. The number of para-hydroxylation sites is 2. The monoisotopic (exact) mass is 221 g/mol. The first kappa shape index (κ1) is 10.8. The second kappa shape index (κ2) is 4.85. The summed E-state index contributed by atoms with van der Waals surface area (Å²) in [4.78, 5) is 9.49. The summed E-state index contributed by atoms with van der Waals surface area (Å²) in [5.41, 5.74) is 0.885. The Hall–Kier alpha value is -1.75. The van der Waals surface area contributed by atoms with Crippen molar-refractivity contribution in [2.45, 2.75) is 6.17 Å². The Balaban J connectivity index is 2.25. The Kier molecular flexibility index (Phi) is 3.26. The molecule has 0 saturated carbocycles.